The Bertz CT molecular complexity index is 1310. The average Bonchev–Trinajstić information content (AvgIpc) is 3.25. The highest BCUT2D eigenvalue weighted by molar-refractivity contribution is 7.21. The number of hydrogen-bond donors (Lipinski definition) is 1. The molecule has 0 atom stereocenters. The number of nitrogens with one attached hydrogen (secondary N) is 1. The minimum Gasteiger partial charge on any atom is -0.458 e. The van der Waals surface area contributed by atoms with Crippen LogP contribution in [-0.4, -0.2) is 27.8 Å². The normalized spacial score (nSPS) is 11.1. The van der Waals surface area contributed by atoms with Crippen LogP contribution in [0, 0.1) is 6.92 Å². The molecule has 3 heterocycles. The van der Waals surface area contributed by atoms with Crippen molar-refractivity contribution in [1.82, 2.24) is 14.7 Å². The molecule has 7 nitrogen and oxygen atoms in total. The second-order valence-electron chi connectivity index (χ2n) is 6.17. The maximum absolute atomic E-state index is 12.4. The van der Waals surface area contributed by atoms with E-state index in [4.69, 9.17) is 16.3 Å². The lowest BCUT2D eigenvalue weighted by atomic mass is 10.2. The second-order valence-corrected chi connectivity index (χ2v) is 8.43. The Morgan fingerprint density at radius 3 is 2.90 bits per heavy atom. The van der Waals surface area contributed by atoms with E-state index in [1.807, 2.05) is 36.6 Å². The largest absolute Gasteiger partial charge is 0.458 e. The summed E-state index contributed by atoms with van der Waals surface area (Å²) in [5, 5.41) is 5.49. The molecule has 4 rings (SSSR count). The fourth-order valence-corrected chi connectivity index (χ4v) is 5.10. The van der Waals surface area contributed by atoms with E-state index in [-0.39, 0.29) is 18.7 Å². The Hall–Kier alpha value is -2.75. The van der Waals surface area contributed by atoms with Gasteiger partial charge < -0.3 is 10.1 Å². The Balaban J connectivity index is 1.37. The highest BCUT2D eigenvalue weighted by Crippen LogP contribution is 2.34. The number of thiophene rings is 1. The molecule has 0 aliphatic rings. The number of carbonyl (C=O) groups excluding carboxylic acids is 2. The van der Waals surface area contributed by atoms with Gasteiger partial charge in [0.1, 0.15) is 18.0 Å². The van der Waals surface area contributed by atoms with Crippen LogP contribution in [0.1, 0.15) is 21.1 Å². The fourth-order valence-electron chi connectivity index (χ4n) is 2.77. The molecule has 0 spiro atoms. The number of carbonyl (C=O) groups is 2. The Morgan fingerprint density at radius 2 is 2.10 bits per heavy atom. The van der Waals surface area contributed by atoms with Crippen molar-refractivity contribution < 1.29 is 14.3 Å². The highest BCUT2D eigenvalue weighted by Gasteiger charge is 2.18. The molecule has 1 aromatic carbocycles. The van der Waals surface area contributed by atoms with Gasteiger partial charge >= 0.3 is 5.97 Å². The summed E-state index contributed by atoms with van der Waals surface area (Å²) in [5.74, 6) is -1.08. The number of esters is 1. The lowest BCUT2D eigenvalue weighted by Crippen LogP contribution is -2.30. The number of amides is 1. The number of halogens is 1. The van der Waals surface area contributed by atoms with Gasteiger partial charge in [-0.25, -0.2) is 4.98 Å². The molecule has 3 aromatic heterocycles. The number of hydrogen-bond acceptors (Lipinski definition) is 7. The van der Waals surface area contributed by atoms with E-state index in [1.165, 1.54) is 33.1 Å². The summed E-state index contributed by atoms with van der Waals surface area (Å²) in [4.78, 5) is 41.7. The van der Waals surface area contributed by atoms with E-state index in [1.54, 1.807) is 0 Å². The van der Waals surface area contributed by atoms with E-state index in [2.05, 4.69) is 10.3 Å². The molecule has 4 aromatic rings. The summed E-state index contributed by atoms with van der Waals surface area (Å²) < 4.78 is 7.51. The van der Waals surface area contributed by atoms with Crippen molar-refractivity contribution in [2.45, 2.75) is 13.5 Å². The number of nitrogens with zero attached hydrogens (tertiary/aromatic N) is 2. The van der Waals surface area contributed by atoms with E-state index in [9.17, 15) is 14.4 Å². The first-order chi connectivity index (χ1) is 13.9. The minimum atomic E-state index is -0.639. The molecular formula is C19H14ClN3O4S2. The number of rotatable bonds is 5. The van der Waals surface area contributed by atoms with Gasteiger partial charge in [-0.05, 0) is 13.0 Å². The summed E-state index contributed by atoms with van der Waals surface area (Å²) in [6.07, 6.45) is 0. The maximum atomic E-state index is 12.4. The van der Waals surface area contributed by atoms with E-state index < -0.39 is 11.9 Å². The molecule has 1 N–H and O–H groups in total. The molecule has 0 saturated carbocycles. The van der Waals surface area contributed by atoms with E-state index >= 15 is 0 Å². The molecule has 10 heteroatoms. The molecule has 0 unspecified atom stereocenters. The van der Waals surface area contributed by atoms with Gasteiger partial charge in [-0.15, -0.1) is 22.7 Å². The van der Waals surface area contributed by atoms with Crippen molar-refractivity contribution in [2.75, 3.05) is 6.54 Å². The summed E-state index contributed by atoms with van der Waals surface area (Å²) in [6.45, 7) is 1.35. The van der Waals surface area contributed by atoms with Crippen LogP contribution in [-0.2, 0) is 16.1 Å². The van der Waals surface area contributed by atoms with Gasteiger partial charge in [0.2, 0.25) is 0 Å². The first-order valence-electron chi connectivity index (χ1n) is 8.51. The molecule has 0 fully saturated rings. The second kappa shape index (κ2) is 7.94. The molecule has 0 saturated heterocycles. The Labute approximate surface area is 177 Å². The monoisotopic (exact) mass is 447 g/mol. The molecule has 148 valence electrons. The van der Waals surface area contributed by atoms with Crippen LogP contribution in [0.5, 0.6) is 0 Å². The van der Waals surface area contributed by atoms with Crippen LogP contribution in [0.2, 0.25) is 5.02 Å². The van der Waals surface area contributed by atoms with Crippen molar-refractivity contribution in [1.29, 1.82) is 0 Å². The van der Waals surface area contributed by atoms with Gasteiger partial charge in [-0.3, -0.25) is 18.8 Å². The predicted molar refractivity (Wildman–Crippen MR) is 113 cm³/mol. The third-order valence-electron chi connectivity index (χ3n) is 4.14. The Kier molecular flexibility index (Phi) is 5.35. The third kappa shape index (κ3) is 3.89. The molecule has 0 aliphatic carbocycles. The first kappa shape index (κ1) is 19.6. The number of thiazole rings is 1. The zero-order valence-corrected chi connectivity index (χ0v) is 17.5. The summed E-state index contributed by atoms with van der Waals surface area (Å²) >= 11 is 8.86. The zero-order valence-electron chi connectivity index (χ0n) is 15.1. The summed E-state index contributed by atoms with van der Waals surface area (Å²) in [6, 6.07) is 8.74. The van der Waals surface area contributed by atoms with Crippen molar-refractivity contribution >= 4 is 61.2 Å². The van der Waals surface area contributed by atoms with Gasteiger partial charge in [-0.1, -0.05) is 29.8 Å². The van der Waals surface area contributed by atoms with E-state index in [0.29, 0.717) is 20.6 Å². The topological polar surface area (TPSA) is 89.8 Å². The first-order valence-corrected chi connectivity index (χ1v) is 10.6. The Morgan fingerprint density at radius 1 is 1.31 bits per heavy atom. The van der Waals surface area contributed by atoms with Gasteiger partial charge in [-0.2, -0.15) is 0 Å². The lowest BCUT2D eigenvalue weighted by molar-refractivity contribution is -0.143. The number of fused-ring (bicyclic) bond motifs is 2. The van der Waals surface area contributed by atoms with E-state index in [0.717, 1.165) is 15.8 Å². The van der Waals surface area contributed by atoms with Gasteiger partial charge in [0.25, 0.3) is 11.5 Å². The maximum Gasteiger partial charge on any atom is 0.325 e. The quantitative estimate of drug-likeness (QED) is 0.473. The summed E-state index contributed by atoms with van der Waals surface area (Å²) in [5.41, 5.74) is 0.922. The van der Waals surface area contributed by atoms with Crippen LogP contribution >= 0.6 is 34.3 Å². The average molecular weight is 448 g/mol. The summed E-state index contributed by atoms with van der Waals surface area (Å²) in [7, 11) is 0. The number of aromatic nitrogens is 2. The molecule has 29 heavy (non-hydrogen) atoms. The highest BCUT2D eigenvalue weighted by atomic mass is 35.5. The molecule has 0 radical (unpaired) electrons. The smallest absolute Gasteiger partial charge is 0.325 e. The van der Waals surface area contributed by atoms with Crippen LogP contribution in [0.15, 0.2) is 40.5 Å². The third-order valence-corrected chi connectivity index (χ3v) is 6.76. The van der Waals surface area contributed by atoms with Crippen molar-refractivity contribution in [3.8, 4) is 0 Å². The van der Waals surface area contributed by atoms with Crippen LogP contribution in [0.4, 0.5) is 0 Å². The fraction of sp³-hybridized carbons (Fsp3) is 0.158. The molecule has 0 bridgehead atoms. The van der Waals surface area contributed by atoms with Crippen LogP contribution in [0.25, 0.3) is 15.0 Å². The molecular weight excluding hydrogens is 434 g/mol. The minimum absolute atomic E-state index is 0.152. The van der Waals surface area contributed by atoms with Crippen molar-refractivity contribution in [3.05, 3.63) is 67.4 Å². The van der Waals surface area contributed by atoms with Crippen molar-refractivity contribution in [2.24, 2.45) is 0 Å². The number of benzene rings is 1. The van der Waals surface area contributed by atoms with Gasteiger partial charge in [0.15, 0.2) is 4.96 Å². The number of ether oxygens (including phenoxy) is 1. The van der Waals surface area contributed by atoms with Crippen LogP contribution in [0.3, 0.4) is 0 Å². The predicted octanol–water partition coefficient (Wildman–Crippen LogP) is 3.41. The molecule has 1 amide bonds. The zero-order chi connectivity index (χ0) is 20.5. The SMILES string of the molecule is Cc1csc2nc(COC(=O)CNC(=O)c3sc4ccccc4c3Cl)cc(=O)n12. The standard InChI is InChI=1S/C19H14ClN3O4S2/c1-10-9-28-19-22-11(6-14(24)23(10)19)8-27-15(25)7-21-18(26)17-16(20)12-4-2-3-5-13(12)29-17/h2-6,9H,7-8H2,1H3,(H,21,26). The van der Waals surface area contributed by atoms with Gasteiger partial charge in [0.05, 0.1) is 10.7 Å². The van der Waals surface area contributed by atoms with Gasteiger partial charge in [0, 0.05) is 27.2 Å². The van der Waals surface area contributed by atoms with Crippen molar-refractivity contribution in [3.63, 3.8) is 0 Å². The number of aryl methyl sites for hydroxylation is 1. The van der Waals surface area contributed by atoms with Crippen LogP contribution < -0.4 is 10.9 Å². The lowest BCUT2D eigenvalue weighted by Gasteiger charge is -2.06. The molecule has 0 aliphatic heterocycles.